The Morgan fingerprint density at radius 3 is 2.39 bits per heavy atom. The van der Waals surface area contributed by atoms with Crippen LogP contribution in [0.5, 0.6) is 0 Å². The number of hydrogen-bond donors (Lipinski definition) is 1. The first-order valence-electron chi connectivity index (χ1n) is 8.28. The Bertz CT molecular complexity index is 553. The van der Waals surface area contributed by atoms with Gasteiger partial charge in [0.2, 0.25) is 0 Å². The molecular weight excluding hydrogens is 312 g/mol. The lowest BCUT2D eigenvalue weighted by molar-refractivity contribution is -0.0689. The van der Waals surface area contributed by atoms with Crippen molar-refractivity contribution < 1.29 is 13.7 Å². The predicted molar refractivity (Wildman–Crippen MR) is 91.7 cm³/mol. The van der Waals surface area contributed by atoms with Crippen LogP contribution >= 0.6 is 0 Å². The number of carbonyl (C=O) groups is 1. The van der Waals surface area contributed by atoms with E-state index in [1.165, 1.54) is 6.92 Å². The number of hydrogen-bond acceptors (Lipinski definition) is 4. The zero-order valence-electron chi connectivity index (χ0n) is 14.1. The van der Waals surface area contributed by atoms with Gasteiger partial charge >= 0.3 is 0 Å². The number of benzene rings is 1. The maximum Gasteiger partial charge on any atom is 0.159 e. The minimum absolute atomic E-state index is 0.0201. The minimum Gasteiger partial charge on any atom is -0.358 e. The number of Topliss-reactive ketones (excluding diaryl/α,β-unsaturated/α-hetero) is 1. The van der Waals surface area contributed by atoms with E-state index in [1.807, 2.05) is 18.2 Å². The minimum atomic E-state index is -1.25. The van der Waals surface area contributed by atoms with Gasteiger partial charge in [0.15, 0.2) is 5.78 Å². The molecule has 6 heteroatoms. The van der Waals surface area contributed by atoms with Crippen LogP contribution in [-0.2, 0) is 15.7 Å². The lowest BCUT2D eigenvalue weighted by atomic mass is 10.0. The third kappa shape index (κ3) is 3.88. The van der Waals surface area contributed by atoms with Crippen LogP contribution in [0.4, 0.5) is 0 Å². The van der Waals surface area contributed by atoms with Crippen molar-refractivity contribution in [1.82, 2.24) is 9.62 Å². The average Bonchev–Trinajstić information content (AvgIpc) is 2.99. The number of ketones is 1. The van der Waals surface area contributed by atoms with E-state index in [2.05, 4.69) is 5.32 Å². The Morgan fingerprint density at radius 1 is 1.22 bits per heavy atom. The average molecular weight is 338 g/mol. The lowest BCUT2D eigenvalue weighted by Crippen LogP contribution is -2.52. The van der Waals surface area contributed by atoms with Gasteiger partial charge in [-0.05, 0) is 32.1 Å². The summed E-state index contributed by atoms with van der Waals surface area (Å²) in [4.78, 5) is 12.0. The van der Waals surface area contributed by atoms with Crippen LogP contribution < -0.4 is 5.32 Å². The standard InChI is InChI=1S/C15H20N2O3S.C2H6/c1-12(18)13-2-4-14(5-3-13)21(19)17-10-11-20-15(17)6-8-16-9-7-15;1-2/h2-5,16H,6-11H2,1H3;1-2H3. The molecule has 2 heterocycles. The van der Waals surface area contributed by atoms with E-state index >= 15 is 0 Å². The molecule has 1 aromatic rings. The molecule has 2 fully saturated rings. The van der Waals surface area contributed by atoms with Crippen molar-refractivity contribution in [3.05, 3.63) is 29.8 Å². The molecule has 1 spiro atoms. The summed E-state index contributed by atoms with van der Waals surface area (Å²) < 4.78 is 20.8. The number of nitrogens with one attached hydrogen (secondary N) is 1. The van der Waals surface area contributed by atoms with E-state index in [0.717, 1.165) is 30.8 Å². The fourth-order valence-electron chi connectivity index (χ4n) is 2.97. The van der Waals surface area contributed by atoms with Gasteiger partial charge in [0.05, 0.1) is 11.5 Å². The molecular formula is C17H26N2O3S. The molecule has 1 atom stereocenters. The molecule has 1 N–H and O–H groups in total. The Kier molecular flexibility index (Phi) is 6.47. The first-order valence-corrected chi connectivity index (χ1v) is 9.38. The van der Waals surface area contributed by atoms with E-state index < -0.39 is 16.7 Å². The topological polar surface area (TPSA) is 58.6 Å². The van der Waals surface area contributed by atoms with Gasteiger partial charge in [0, 0.05) is 24.9 Å². The van der Waals surface area contributed by atoms with Crippen LogP contribution in [0.3, 0.4) is 0 Å². The second-order valence-corrected chi connectivity index (χ2v) is 6.89. The largest absolute Gasteiger partial charge is 0.358 e. The first-order chi connectivity index (χ1) is 11.1. The van der Waals surface area contributed by atoms with Crippen LogP contribution in [0.25, 0.3) is 0 Å². The highest BCUT2D eigenvalue weighted by atomic mass is 32.2. The van der Waals surface area contributed by atoms with E-state index in [1.54, 1.807) is 24.3 Å². The Labute approximate surface area is 141 Å². The van der Waals surface area contributed by atoms with Crippen molar-refractivity contribution in [2.24, 2.45) is 0 Å². The van der Waals surface area contributed by atoms with Crippen molar-refractivity contribution in [1.29, 1.82) is 0 Å². The van der Waals surface area contributed by atoms with Crippen LogP contribution in [0.2, 0.25) is 0 Å². The van der Waals surface area contributed by atoms with E-state index in [-0.39, 0.29) is 5.78 Å². The Balaban J connectivity index is 0.000000924. The maximum atomic E-state index is 12.9. The molecule has 128 valence electrons. The van der Waals surface area contributed by atoms with Crippen LogP contribution in [-0.4, -0.2) is 46.3 Å². The van der Waals surface area contributed by atoms with Crippen molar-refractivity contribution in [2.45, 2.75) is 44.2 Å². The molecule has 2 saturated heterocycles. The molecule has 1 aromatic carbocycles. The molecule has 23 heavy (non-hydrogen) atoms. The number of carbonyl (C=O) groups excluding carboxylic acids is 1. The summed E-state index contributed by atoms with van der Waals surface area (Å²) in [6.45, 7) is 8.61. The molecule has 0 radical (unpaired) electrons. The second kappa shape index (κ2) is 8.15. The number of ether oxygens (including phenoxy) is 1. The van der Waals surface area contributed by atoms with Gasteiger partial charge < -0.3 is 10.1 Å². The highest BCUT2D eigenvalue weighted by molar-refractivity contribution is 7.82. The third-order valence-corrected chi connectivity index (χ3v) is 5.76. The van der Waals surface area contributed by atoms with Crippen LogP contribution in [0.1, 0.15) is 44.0 Å². The van der Waals surface area contributed by atoms with Gasteiger partial charge in [0.25, 0.3) is 0 Å². The predicted octanol–water partition coefficient (Wildman–Crippen LogP) is 2.35. The van der Waals surface area contributed by atoms with Crippen molar-refractivity contribution >= 4 is 16.8 Å². The Hall–Kier alpha value is -1.08. The monoisotopic (exact) mass is 338 g/mol. The van der Waals surface area contributed by atoms with Gasteiger partial charge in [-0.1, -0.05) is 26.0 Å². The number of nitrogens with zero attached hydrogens (tertiary/aromatic N) is 1. The Morgan fingerprint density at radius 2 is 1.83 bits per heavy atom. The second-order valence-electron chi connectivity index (χ2n) is 5.48. The van der Waals surface area contributed by atoms with Crippen molar-refractivity contribution in [2.75, 3.05) is 26.2 Å². The number of piperidine rings is 1. The van der Waals surface area contributed by atoms with Crippen molar-refractivity contribution in [3.63, 3.8) is 0 Å². The fourth-order valence-corrected chi connectivity index (χ4v) is 4.37. The zero-order chi connectivity index (χ0) is 16.9. The van der Waals surface area contributed by atoms with Gasteiger partial charge in [-0.25, -0.2) is 4.21 Å². The van der Waals surface area contributed by atoms with Crippen molar-refractivity contribution in [3.8, 4) is 0 Å². The smallest absolute Gasteiger partial charge is 0.159 e. The number of rotatable bonds is 3. The molecule has 2 aliphatic rings. The van der Waals surface area contributed by atoms with Crippen LogP contribution in [0.15, 0.2) is 29.2 Å². The van der Waals surface area contributed by atoms with Gasteiger partial charge in [-0.2, -0.15) is 4.31 Å². The summed E-state index contributed by atoms with van der Waals surface area (Å²) in [7, 11) is -1.25. The SMILES string of the molecule is CC.CC(=O)c1ccc(S(=O)N2CCOC23CCNCC3)cc1. The van der Waals surface area contributed by atoms with E-state index in [0.29, 0.717) is 18.7 Å². The molecule has 0 aliphatic carbocycles. The molecule has 0 aromatic heterocycles. The van der Waals surface area contributed by atoms with Gasteiger partial charge in [-0.15, -0.1) is 0 Å². The highest BCUT2D eigenvalue weighted by Crippen LogP contribution is 2.35. The molecule has 2 aliphatic heterocycles. The quantitative estimate of drug-likeness (QED) is 0.860. The van der Waals surface area contributed by atoms with E-state index in [4.69, 9.17) is 4.74 Å². The summed E-state index contributed by atoms with van der Waals surface area (Å²) >= 11 is 0. The lowest BCUT2D eigenvalue weighted by Gasteiger charge is -2.39. The van der Waals surface area contributed by atoms with Gasteiger partial charge in [0.1, 0.15) is 16.7 Å². The van der Waals surface area contributed by atoms with Crippen LogP contribution in [0, 0.1) is 0 Å². The van der Waals surface area contributed by atoms with Gasteiger partial charge in [-0.3, -0.25) is 4.79 Å². The van der Waals surface area contributed by atoms with E-state index in [9.17, 15) is 9.00 Å². The molecule has 0 amide bonds. The molecule has 3 rings (SSSR count). The molecule has 1 unspecified atom stereocenters. The summed E-state index contributed by atoms with van der Waals surface area (Å²) in [6.07, 6.45) is 1.70. The maximum absolute atomic E-state index is 12.9. The first kappa shape index (κ1) is 18.3. The third-order valence-electron chi connectivity index (χ3n) is 4.17. The summed E-state index contributed by atoms with van der Waals surface area (Å²) in [6, 6.07) is 7.03. The molecule has 0 bridgehead atoms. The normalized spacial score (nSPS) is 21.5. The summed E-state index contributed by atoms with van der Waals surface area (Å²) in [5, 5.41) is 3.31. The summed E-state index contributed by atoms with van der Waals surface area (Å²) in [5.74, 6) is 0.0201. The zero-order valence-corrected chi connectivity index (χ0v) is 14.9. The summed E-state index contributed by atoms with van der Waals surface area (Å²) in [5.41, 5.74) is 0.250. The fraction of sp³-hybridized carbons (Fsp3) is 0.588. The molecule has 5 nitrogen and oxygen atoms in total. The highest BCUT2D eigenvalue weighted by Gasteiger charge is 2.46. The molecule has 0 saturated carbocycles.